The lowest BCUT2D eigenvalue weighted by Gasteiger charge is -2.48. The van der Waals surface area contributed by atoms with Crippen molar-refractivity contribution >= 4 is 5.91 Å². The lowest BCUT2D eigenvalue weighted by atomic mass is 9.96. The average molecular weight is 1350 g/mol. The highest BCUT2D eigenvalue weighted by Gasteiger charge is 2.53. The summed E-state index contributed by atoms with van der Waals surface area (Å²) >= 11 is 0. The number of hydrogen-bond donors (Lipinski definition) is 12. The van der Waals surface area contributed by atoms with E-state index in [1.807, 2.05) is 6.08 Å². The molecule has 12 N–H and O–H groups in total. The molecule has 3 aliphatic rings. The van der Waals surface area contributed by atoms with Crippen LogP contribution in [0.4, 0.5) is 0 Å². The van der Waals surface area contributed by atoms with Crippen LogP contribution >= 0.6 is 0 Å². The Balaban J connectivity index is 1.42. The molecule has 0 bridgehead atoms. The Bertz CT molecular complexity index is 1950. The second-order valence-corrected chi connectivity index (χ2v) is 27.1. The molecule has 0 radical (unpaired) electrons. The molecule has 0 aromatic heterocycles. The summed E-state index contributed by atoms with van der Waals surface area (Å²) in [5, 5.41) is 121. The first kappa shape index (κ1) is 86.7. The number of allylic oxidation sites excluding steroid dienone is 9. The van der Waals surface area contributed by atoms with Crippen LogP contribution < -0.4 is 5.32 Å². The van der Waals surface area contributed by atoms with Gasteiger partial charge in [0.15, 0.2) is 18.9 Å². The molecule has 17 atom stereocenters. The quantitative estimate of drug-likeness (QED) is 0.0199. The predicted octanol–water partition coefficient (Wildman–Crippen LogP) is 11.5. The number of amides is 1. The Morgan fingerprint density at radius 2 is 0.705 bits per heavy atom. The summed E-state index contributed by atoms with van der Waals surface area (Å²) in [6.07, 6.45) is 44.9. The van der Waals surface area contributed by atoms with Gasteiger partial charge in [-0.05, 0) is 77.0 Å². The standard InChI is InChI=1S/C76H137NO18/c1-3-5-7-9-11-13-15-17-19-21-23-25-27-28-29-30-32-34-36-38-40-42-44-46-48-50-52-54-64(82)77-59(60(81)53-51-49-47-45-43-41-39-37-35-33-31-26-24-22-20-18-16-14-12-10-8-6-4-2)58-90-74-70(88)67(85)72(62(56-79)92-74)95-76-71(89)68(86)73(63(57-80)93-76)94-75-69(87)66(84)65(83)61(55-78)91-75/h15,17,21,23,35,37,43,45,51,53,59-63,65-76,78-81,83-89H,3-14,16,18-20,22,24-34,36,38-42,44,46-50,52,54-58H2,1-2H3,(H,77,82)/b17-15-,23-21-,37-35+,45-43+,53-51+. The maximum absolute atomic E-state index is 13.4. The molecule has 0 aromatic carbocycles. The summed E-state index contributed by atoms with van der Waals surface area (Å²) in [5.74, 6) is -0.288. The topological polar surface area (TPSA) is 307 Å². The van der Waals surface area contributed by atoms with Crippen LogP contribution in [0.1, 0.15) is 284 Å². The molecule has 0 saturated carbocycles. The number of carbonyl (C=O) groups excluding carboxylic acids is 1. The van der Waals surface area contributed by atoms with E-state index in [0.717, 1.165) is 51.4 Å². The summed E-state index contributed by atoms with van der Waals surface area (Å²) in [5.41, 5.74) is 0. The van der Waals surface area contributed by atoms with Crippen molar-refractivity contribution in [1.29, 1.82) is 0 Å². The van der Waals surface area contributed by atoms with E-state index < -0.39 is 124 Å². The Labute approximate surface area is 573 Å². The Kier molecular flexibility index (Phi) is 52.2. The number of carbonyl (C=O) groups is 1. The van der Waals surface area contributed by atoms with Crippen molar-refractivity contribution in [2.24, 2.45) is 0 Å². The molecule has 0 spiro atoms. The molecule has 3 heterocycles. The number of unbranched alkanes of at least 4 members (excludes halogenated alkanes) is 35. The maximum Gasteiger partial charge on any atom is 0.220 e. The van der Waals surface area contributed by atoms with Gasteiger partial charge in [0, 0.05) is 6.42 Å². The summed E-state index contributed by atoms with van der Waals surface area (Å²) in [4.78, 5) is 13.4. The number of rotatable bonds is 59. The number of nitrogens with one attached hydrogen (secondary N) is 1. The summed E-state index contributed by atoms with van der Waals surface area (Å²) in [7, 11) is 0. The largest absolute Gasteiger partial charge is 0.394 e. The summed E-state index contributed by atoms with van der Waals surface area (Å²) < 4.78 is 34.4. The summed E-state index contributed by atoms with van der Waals surface area (Å²) in [6, 6.07) is -0.999. The fourth-order valence-electron chi connectivity index (χ4n) is 12.6. The Morgan fingerprint density at radius 3 is 1.12 bits per heavy atom. The molecule has 19 heteroatoms. The normalized spacial score (nSPS) is 27.5. The minimum Gasteiger partial charge on any atom is -0.394 e. The minimum absolute atomic E-state index is 0.231. The molecule has 19 nitrogen and oxygen atoms in total. The fourth-order valence-corrected chi connectivity index (χ4v) is 12.6. The van der Waals surface area contributed by atoms with Crippen LogP contribution in [-0.2, 0) is 33.2 Å². The van der Waals surface area contributed by atoms with Gasteiger partial charge in [0.1, 0.15) is 73.2 Å². The first-order chi connectivity index (χ1) is 46.3. The number of aliphatic hydroxyl groups is 11. The Hall–Kier alpha value is -2.51. The van der Waals surface area contributed by atoms with E-state index in [2.05, 4.69) is 67.8 Å². The first-order valence-corrected chi connectivity index (χ1v) is 38.0. The van der Waals surface area contributed by atoms with E-state index in [-0.39, 0.29) is 18.9 Å². The van der Waals surface area contributed by atoms with Crippen molar-refractivity contribution < 1.29 is 89.4 Å². The Morgan fingerprint density at radius 1 is 0.379 bits per heavy atom. The van der Waals surface area contributed by atoms with E-state index in [4.69, 9.17) is 28.4 Å². The van der Waals surface area contributed by atoms with Gasteiger partial charge in [0.25, 0.3) is 0 Å². The SMILES string of the molecule is CCCCCCC/C=C\C/C=C\CCCCCCCCCCCCCCCCCC(=O)NC(COC1OC(CO)C(OC2OC(CO)C(OC3OC(CO)C(O)C(O)C3O)C(O)C2O)C(O)C1O)C(O)/C=C/CC/C=C/CC/C=C/CCCCCCCCCCCCCCC. The molecule has 0 aliphatic carbocycles. The van der Waals surface area contributed by atoms with E-state index in [9.17, 15) is 61.0 Å². The van der Waals surface area contributed by atoms with Gasteiger partial charge in [0.05, 0.1) is 38.6 Å². The molecular formula is C76H137NO18. The molecule has 1 amide bonds. The molecule has 554 valence electrons. The van der Waals surface area contributed by atoms with Crippen molar-refractivity contribution in [2.45, 2.75) is 388 Å². The molecule has 3 fully saturated rings. The summed E-state index contributed by atoms with van der Waals surface area (Å²) in [6.45, 7) is 1.72. The molecular weight excluding hydrogens is 1210 g/mol. The van der Waals surface area contributed by atoms with Crippen LogP contribution in [0.25, 0.3) is 0 Å². The van der Waals surface area contributed by atoms with Gasteiger partial charge in [-0.3, -0.25) is 4.79 Å². The van der Waals surface area contributed by atoms with Crippen LogP contribution in [0.3, 0.4) is 0 Å². The zero-order chi connectivity index (χ0) is 68.9. The van der Waals surface area contributed by atoms with Gasteiger partial charge in [-0.1, -0.05) is 261 Å². The van der Waals surface area contributed by atoms with E-state index in [0.29, 0.717) is 12.8 Å². The van der Waals surface area contributed by atoms with Crippen LogP contribution in [0.5, 0.6) is 0 Å². The molecule has 95 heavy (non-hydrogen) atoms. The van der Waals surface area contributed by atoms with Crippen molar-refractivity contribution in [3.63, 3.8) is 0 Å². The lowest BCUT2D eigenvalue weighted by molar-refractivity contribution is -0.379. The number of ether oxygens (including phenoxy) is 6. The lowest BCUT2D eigenvalue weighted by Crippen LogP contribution is -2.66. The van der Waals surface area contributed by atoms with E-state index in [1.54, 1.807) is 6.08 Å². The third kappa shape index (κ3) is 38.2. The second-order valence-electron chi connectivity index (χ2n) is 27.1. The molecule has 17 unspecified atom stereocenters. The van der Waals surface area contributed by atoms with Gasteiger partial charge in [-0.15, -0.1) is 0 Å². The number of aliphatic hydroxyl groups excluding tert-OH is 11. The fraction of sp³-hybridized carbons (Fsp3) is 0.855. The van der Waals surface area contributed by atoms with Crippen molar-refractivity contribution in [3.8, 4) is 0 Å². The minimum atomic E-state index is -1.98. The monoisotopic (exact) mass is 1350 g/mol. The molecule has 0 aromatic rings. The molecule has 3 aliphatic heterocycles. The van der Waals surface area contributed by atoms with Gasteiger partial charge in [-0.2, -0.15) is 0 Å². The van der Waals surface area contributed by atoms with Crippen molar-refractivity contribution in [2.75, 3.05) is 26.4 Å². The smallest absolute Gasteiger partial charge is 0.220 e. The maximum atomic E-state index is 13.4. The van der Waals surface area contributed by atoms with Crippen LogP contribution in [0, 0.1) is 0 Å². The highest BCUT2D eigenvalue weighted by atomic mass is 16.8. The van der Waals surface area contributed by atoms with Gasteiger partial charge < -0.3 is 89.9 Å². The third-order valence-corrected chi connectivity index (χ3v) is 18.8. The van der Waals surface area contributed by atoms with Crippen molar-refractivity contribution in [3.05, 3.63) is 60.8 Å². The van der Waals surface area contributed by atoms with Gasteiger partial charge >= 0.3 is 0 Å². The molecule has 3 saturated heterocycles. The predicted molar refractivity (Wildman–Crippen MR) is 374 cm³/mol. The van der Waals surface area contributed by atoms with Crippen molar-refractivity contribution in [1.82, 2.24) is 5.32 Å². The van der Waals surface area contributed by atoms with Gasteiger partial charge in [0.2, 0.25) is 5.91 Å². The second kappa shape index (κ2) is 57.2. The van der Waals surface area contributed by atoms with Crippen LogP contribution in [-0.4, -0.2) is 193 Å². The number of hydrogen-bond acceptors (Lipinski definition) is 18. The molecule has 3 rings (SSSR count). The zero-order valence-electron chi connectivity index (χ0n) is 58.9. The van der Waals surface area contributed by atoms with E-state index in [1.165, 1.54) is 199 Å². The third-order valence-electron chi connectivity index (χ3n) is 18.8. The average Bonchev–Trinajstić information content (AvgIpc) is 0.787. The van der Waals surface area contributed by atoms with E-state index >= 15 is 0 Å². The highest BCUT2D eigenvalue weighted by Crippen LogP contribution is 2.33. The zero-order valence-corrected chi connectivity index (χ0v) is 58.9. The van der Waals surface area contributed by atoms with Gasteiger partial charge in [-0.25, -0.2) is 0 Å². The first-order valence-electron chi connectivity index (χ1n) is 38.0. The van der Waals surface area contributed by atoms with Crippen LogP contribution in [0.15, 0.2) is 60.8 Å². The van der Waals surface area contributed by atoms with Crippen LogP contribution in [0.2, 0.25) is 0 Å². The highest BCUT2D eigenvalue weighted by molar-refractivity contribution is 5.76.